The Morgan fingerprint density at radius 3 is 2.58 bits per heavy atom. The smallest absolute Gasteiger partial charge is 0.255 e. The SMILES string of the molecule is O=C1CCC(N2Cc3cc(OC4CCCCC4)c(F)cc3C2=O)C(=O)N1. The number of carbonyl (C=O) groups excluding carboxylic acids is 3. The van der Waals surface area contributed by atoms with Crippen LogP contribution >= 0.6 is 0 Å². The van der Waals surface area contributed by atoms with Crippen LogP contribution in [0.25, 0.3) is 0 Å². The second-order valence-corrected chi connectivity index (χ2v) is 7.22. The van der Waals surface area contributed by atoms with E-state index in [1.165, 1.54) is 17.4 Å². The van der Waals surface area contributed by atoms with E-state index in [4.69, 9.17) is 4.74 Å². The summed E-state index contributed by atoms with van der Waals surface area (Å²) in [5.41, 5.74) is 0.926. The summed E-state index contributed by atoms with van der Waals surface area (Å²) in [6.07, 6.45) is 5.68. The van der Waals surface area contributed by atoms with Crippen molar-refractivity contribution >= 4 is 17.7 Å². The lowest BCUT2D eigenvalue weighted by atomic mass is 9.98. The van der Waals surface area contributed by atoms with Gasteiger partial charge < -0.3 is 9.64 Å². The van der Waals surface area contributed by atoms with Gasteiger partial charge in [-0.3, -0.25) is 19.7 Å². The number of piperidine rings is 1. The number of fused-ring (bicyclic) bond motifs is 1. The van der Waals surface area contributed by atoms with Crippen molar-refractivity contribution in [1.82, 2.24) is 10.2 Å². The highest BCUT2D eigenvalue weighted by Gasteiger charge is 2.39. The van der Waals surface area contributed by atoms with Crippen LogP contribution in [0.2, 0.25) is 0 Å². The number of ether oxygens (including phenoxy) is 1. The molecule has 26 heavy (non-hydrogen) atoms. The van der Waals surface area contributed by atoms with Crippen LogP contribution < -0.4 is 10.1 Å². The van der Waals surface area contributed by atoms with E-state index in [2.05, 4.69) is 5.32 Å². The first-order valence-electron chi connectivity index (χ1n) is 9.16. The number of nitrogens with zero attached hydrogens (tertiary/aromatic N) is 1. The zero-order chi connectivity index (χ0) is 18.3. The Balaban J connectivity index is 1.54. The van der Waals surface area contributed by atoms with Crippen molar-refractivity contribution in [3.05, 3.63) is 29.1 Å². The van der Waals surface area contributed by atoms with E-state index in [-0.39, 0.29) is 48.6 Å². The second kappa shape index (κ2) is 6.70. The van der Waals surface area contributed by atoms with Crippen molar-refractivity contribution in [3.8, 4) is 5.75 Å². The monoisotopic (exact) mass is 360 g/mol. The summed E-state index contributed by atoms with van der Waals surface area (Å²) in [6.45, 7) is 0.224. The molecule has 1 saturated heterocycles. The normalized spacial score (nSPS) is 23.8. The summed E-state index contributed by atoms with van der Waals surface area (Å²) < 4.78 is 20.3. The molecule has 1 aromatic carbocycles. The maximum absolute atomic E-state index is 14.5. The molecule has 3 aliphatic rings. The maximum atomic E-state index is 14.5. The number of benzene rings is 1. The molecule has 3 amide bonds. The topological polar surface area (TPSA) is 75.7 Å². The number of hydrogen-bond donors (Lipinski definition) is 1. The summed E-state index contributed by atoms with van der Waals surface area (Å²) in [6, 6.07) is 2.10. The zero-order valence-electron chi connectivity index (χ0n) is 14.4. The standard InChI is InChI=1S/C19H21FN2O4/c20-14-9-13-11(8-16(14)26-12-4-2-1-3-5-12)10-22(19(13)25)15-6-7-17(23)21-18(15)24/h8-9,12,15H,1-7,10H2,(H,21,23,24). The van der Waals surface area contributed by atoms with Gasteiger partial charge in [-0.25, -0.2) is 4.39 Å². The van der Waals surface area contributed by atoms with Gasteiger partial charge in [0.1, 0.15) is 6.04 Å². The molecule has 0 spiro atoms. The van der Waals surface area contributed by atoms with Gasteiger partial charge in [0.25, 0.3) is 5.91 Å². The molecule has 4 rings (SSSR count). The van der Waals surface area contributed by atoms with Gasteiger partial charge in [-0.05, 0) is 49.8 Å². The predicted octanol–water partition coefficient (Wildman–Crippen LogP) is 2.30. The van der Waals surface area contributed by atoms with Gasteiger partial charge in [0, 0.05) is 18.5 Å². The highest BCUT2D eigenvalue weighted by atomic mass is 19.1. The molecule has 2 heterocycles. The van der Waals surface area contributed by atoms with Crippen LogP contribution in [-0.4, -0.2) is 34.8 Å². The lowest BCUT2D eigenvalue weighted by Crippen LogP contribution is -2.52. The Hall–Kier alpha value is -2.44. The summed E-state index contributed by atoms with van der Waals surface area (Å²) >= 11 is 0. The number of hydrogen-bond acceptors (Lipinski definition) is 4. The van der Waals surface area contributed by atoms with Crippen molar-refractivity contribution in [1.29, 1.82) is 0 Å². The second-order valence-electron chi connectivity index (χ2n) is 7.22. The molecule has 7 heteroatoms. The largest absolute Gasteiger partial charge is 0.487 e. The number of imide groups is 1. The molecular formula is C19H21FN2O4. The van der Waals surface area contributed by atoms with Gasteiger partial charge >= 0.3 is 0 Å². The third-order valence-electron chi connectivity index (χ3n) is 5.42. The molecule has 0 bridgehead atoms. The summed E-state index contributed by atoms with van der Waals surface area (Å²) in [7, 11) is 0. The van der Waals surface area contributed by atoms with E-state index in [9.17, 15) is 18.8 Å². The molecule has 2 aliphatic heterocycles. The van der Waals surface area contributed by atoms with Gasteiger partial charge in [-0.15, -0.1) is 0 Å². The Labute approximate surface area is 150 Å². The number of rotatable bonds is 3. The van der Waals surface area contributed by atoms with Crippen LogP contribution in [0.5, 0.6) is 5.75 Å². The molecule has 6 nitrogen and oxygen atoms in total. The molecule has 138 valence electrons. The molecule has 1 aromatic rings. The number of nitrogens with one attached hydrogen (secondary N) is 1. The van der Waals surface area contributed by atoms with Crippen molar-refractivity contribution in [2.24, 2.45) is 0 Å². The van der Waals surface area contributed by atoms with Gasteiger partial charge in [0.15, 0.2) is 11.6 Å². The van der Waals surface area contributed by atoms with Crippen LogP contribution in [-0.2, 0) is 16.1 Å². The minimum Gasteiger partial charge on any atom is -0.487 e. The first-order chi connectivity index (χ1) is 12.5. The fraction of sp³-hybridized carbons (Fsp3) is 0.526. The zero-order valence-corrected chi connectivity index (χ0v) is 14.4. The number of amides is 3. The van der Waals surface area contributed by atoms with E-state index >= 15 is 0 Å². The lowest BCUT2D eigenvalue weighted by molar-refractivity contribution is -0.136. The average molecular weight is 360 g/mol. The third-order valence-corrected chi connectivity index (χ3v) is 5.42. The van der Waals surface area contributed by atoms with Gasteiger partial charge in [-0.2, -0.15) is 0 Å². The molecule has 0 aromatic heterocycles. The van der Waals surface area contributed by atoms with E-state index in [0.717, 1.165) is 25.7 Å². The maximum Gasteiger partial charge on any atom is 0.255 e. The quantitative estimate of drug-likeness (QED) is 0.840. The fourth-order valence-electron chi connectivity index (χ4n) is 4.02. The summed E-state index contributed by atoms with van der Waals surface area (Å²) in [5, 5.41) is 2.26. The van der Waals surface area contributed by atoms with E-state index in [1.54, 1.807) is 6.07 Å². The first kappa shape index (κ1) is 17.0. The van der Waals surface area contributed by atoms with E-state index in [1.807, 2.05) is 0 Å². The van der Waals surface area contributed by atoms with Crippen LogP contribution in [0, 0.1) is 5.82 Å². The molecule has 1 aliphatic carbocycles. The molecule has 0 radical (unpaired) electrons. The average Bonchev–Trinajstić information content (AvgIpc) is 2.92. The lowest BCUT2D eigenvalue weighted by Gasteiger charge is -2.29. The minimum atomic E-state index is -0.696. The van der Waals surface area contributed by atoms with Gasteiger partial charge in [0.05, 0.1) is 6.10 Å². The molecular weight excluding hydrogens is 339 g/mol. The number of halogens is 1. The summed E-state index contributed by atoms with van der Waals surface area (Å²) in [4.78, 5) is 37.4. The van der Waals surface area contributed by atoms with Crippen LogP contribution in [0.15, 0.2) is 12.1 Å². The fourth-order valence-corrected chi connectivity index (χ4v) is 4.02. The molecule has 2 fully saturated rings. The highest BCUT2D eigenvalue weighted by Crippen LogP contribution is 2.33. The van der Waals surface area contributed by atoms with Crippen molar-refractivity contribution < 1.29 is 23.5 Å². The van der Waals surface area contributed by atoms with Crippen molar-refractivity contribution in [2.45, 2.75) is 63.6 Å². The first-order valence-corrected chi connectivity index (χ1v) is 9.16. The Bertz CT molecular complexity index is 773. The van der Waals surface area contributed by atoms with Crippen molar-refractivity contribution in [3.63, 3.8) is 0 Å². The Morgan fingerprint density at radius 2 is 1.85 bits per heavy atom. The van der Waals surface area contributed by atoms with Gasteiger partial charge in [0.2, 0.25) is 11.8 Å². The molecule has 1 N–H and O–H groups in total. The summed E-state index contributed by atoms with van der Waals surface area (Å²) in [5.74, 6) is -1.55. The molecule has 1 atom stereocenters. The third kappa shape index (κ3) is 3.06. The van der Waals surface area contributed by atoms with Gasteiger partial charge in [-0.1, -0.05) is 6.42 Å². The van der Waals surface area contributed by atoms with Crippen LogP contribution in [0.4, 0.5) is 4.39 Å². The Kier molecular flexibility index (Phi) is 4.38. The van der Waals surface area contributed by atoms with Crippen LogP contribution in [0.1, 0.15) is 60.9 Å². The highest BCUT2D eigenvalue weighted by molar-refractivity contribution is 6.05. The van der Waals surface area contributed by atoms with Crippen molar-refractivity contribution in [2.75, 3.05) is 0 Å². The Morgan fingerprint density at radius 1 is 1.08 bits per heavy atom. The van der Waals surface area contributed by atoms with E-state index in [0.29, 0.717) is 5.56 Å². The van der Waals surface area contributed by atoms with Crippen LogP contribution in [0.3, 0.4) is 0 Å². The predicted molar refractivity (Wildman–Crippen MR) is 89.9 cm³/mol. The van der Waals surface area contributed by atoms with E-state index < -0.39 is 17.8 Å². The minimum absolute atomic E-state index is 0.0136. The number of carbonyl (C=O) groups is 3. The molecule has 1 unspecified atom stereocenters. The molecule has 1 saturated carbocycles.